The number of likely N-dealkylation sites (tertiary alicyclic amines) is 1. The number of rotatable bonds is 1. The predicted octanol–water partition coefficient (Wildman–Crippen LogP) is 1.34. The number of carbonyl (C=O) groups is 1. The number of aliphatic hydroxyl groups is 1. The third kappa shape index (κ3) is 2.22. The van der Waals surface area contributed by atoms with E-state index < -0.39 is 11.9 Å². The van der Waals surface area contributed by atoms with Gasteiger partial charge in [-0.1, -0.05) is 0 Å². The molecule has 0 spiro atoms. The molecule has 0 radical (unpaired) electrons. The van der Waals surface area contributed by atoms with E-state index in [1.54, 1.807) is 17.9 Å². The van der Waals surface area contributed by atoms with Gasteiger partial charge in [0.1, 0.15) is 5.82 Å². The number of amides is 1. The van der Waals surface area contributed by atoms with E-state index in [2.05, 4.69) is 0 Å². The Morgan fingerprint density at radius 3 is 2.81 bits per heavy atom. The lowest BCUT2D eigenvalue weighted by molar-refractivity contribution is 0.0764. The highest BCUT2D eigenvalue weighted by Crippen LogP contribution is 2.15. The summed E-state index contributed by atoms with van der Waals surface area (Å²) in [6, 6.07) is 4.28. The molecule has 1 fully saturated rings. The fraction of sp³-hybridized carbons (Fsp3) is 0.417. The lowest BCUT2D eigenvalue weighted by Gasteiger charge is -2.15. The molecule has 1 heterocycles. The molecule has 1 aliphatic rings. The number of halogens is 1. The molecule has 1 saturated heterocycles. The lowest BCUT2D eigenvalue weighted by Crippen LogP contribution is -2.29. The molecule has 86 valence electrons. The molecule has 0 saturated carbocycles. The summed E-state index contributed by atoms with van der Waals surface area (Å²) < 4.78 is 13.1. The molecule has 0 aliphatic carbocycles. The number of hydrogen-bond acceptors (Lipinski definition) is 2. The smallest absolute Gasteiger partial charge is 0.254 e. The van der Waals surface area contributed by atoms with E-state index in [-0.39, 0.29) is 5.91 Å². The van der Waals surface area contributed by atoms with Crippen molar-refractivity contribution in [3.63, 3.8) is 0 Å². The zero-order valence-electron chi connectivity index (χ0n) is 9.11. The molecule has 1 aromatic rings. The highest BCUT2D eigenvalue weighted by Gasteiger charge is 2.25. The highest BCUT2D eigenvalue weighted by molar-refractivity contribution is 5.94. The fourth-order valence-electron chi connectivity index (χ4n) is 1.97. The van der Waals surface area contributed by atoms with Gasteiger partial charge in [0, 0.05) is 18.7 Å². The van der Waals surface area contributed by atoms with E-state index in [9.17, 15) is 14.3 Å². The van der Waals surface area contributed by atoms with Gasteiger partial charge >= 0.3 is 0 Å². The summed E-state index contributed by atoms with van der Waals surface area (Å²) in [4.78, 5) is 13.5. The van der Waals surface area contributed by atoms with Crippen LogP contribution in [0.25, 0.3) is 0 Å². The van der Waals surface area contributed by atoms with E-state index in [1.807, 2.05) is 0 Å². The summed E-state index contributed by atoms with van der Waals surface area (Å²) in [7, 11) is 0. The molecule has 0 unspecified atom stereocenters. The predicted molar refractivity (Wildman–Crippen MR) is 57.7 cm³/mol. The number of hydrogen-bond donors (Lipinski definition) is 1. The minimum Gasteiger partial charge on any atom is -0.391 e. The average molecular weight is 223 g/mol. The van der Waals surface area contributed by atoms with Crippen molar-refractivity contribution < 1.29 is 14.3 Å². The van der Waals surface area contributed by atoms with Crippen LogP contribution in [0.2, 0.25) is 0 Å². The van der Waals surface area contributed by atoms with Gasteiger partial charge in [-0.05, 0) is 37.1 Å². The summed E-state index contributed by atoms with van der Waals surface area (Å²) in [5, 5.41) is 9.34. The summed E-state index contributed by atoms with van der Waals surface area (Å²) in [5.41, 5.74) is 1.08. The van der Waals surface area contributed by atoms with Crippen molar-refractivity contribution in [2.24, 2.45) is 0 Å². The van der Waals surface area contributed by atoms with Gasteiger partial charge in [-0.25, -0.2) is 4.39 Å². The van der Waals surface area contributed by atoms with Crippen LogP contribution in [-0.2, 0) is 0 Å². The molecular formula is C12H14FNO2. The van der Waals surface area contributed by atoms with E-state index in [0.29, 0.717) is 25.1 Å². The Kier molecular flexibility index (Phi) is 2.92. The minimum absolute atomic E-state index is 0.209. The Bertz CT molecular complexity index is 399. The fourth-order valence-corrected chi connectivity index (χ4v) is 1.97. The first-order valence-corrected chi connectivity index (χ1v) is 5.31. The summed E-state index contributed by atoms with van der Waals surface area (Å²) in [6.45, 7) is 2.63. The van der Waals surface area contributed by atoms with E-state index in [0.717, 1.165) is 5.56 Å². The summed E-state index contributed by atoms with van der Waals surface area (Å²) in [6.07, 6.45) is 0.152. The molecule has 0 aromatic heterocycles. The van der Waals surface area contributed by atoms with Gasteiger partial charge in [-0.2, -0.15) is 0 Å². The van der Waals surface area contributed by atoms with Gasteiger partial charge in [-0.15, -0.1) is 0 Å². The van der Waals surface area contributed by atoms with Crippen molar-refractivity contribution >= 4 is 5.91 Å². The maximum absolute atomic E-state index is 13.1. The average Bonchev–Trinajstić information content (AvgIpc) is 2.62. The molecule has 2 rings (SSSR count). The molecule has 1 aliphatic heterocycles. The number of benzene rings is 1. The van der Waals surface area contributed by atoms with Crippen LogP contribution in [0.15, 0.2) is 18.2 Å². The Labute approximate surface area is 93.5 Å². The second-order valence-corrected chi connectivity index (χ2v) is 4.21. The third-order valence-corrected chi connectivity index (χ3v) is 2.74. The van der Waals surface area contributed by atoms with Crippen molar-refractivity contribution in [2.75, 3.05) is 13.1 Å². The van der Waals surface area contributed by atoms with Gasteiger partial charge in [0.15, 0.2) is 0 Å². The topological polar surface area (TPSA) is 40.5 Å². The molecule has 1 amide bonds. The first kappa shape index (κ1) is 11.1. The molecule has 3 nitrogen and oxygen atoms in total. The van der Waals surface area contributed by atoms with Gasteiger partial charge in [-0.3, -0.25) is 4.79 Å². The second-order valence-electron chi connectivity index (χ2n) is 4.21. The molecule has 1 N–H and O–H groups in total. The zero-order valence-corrected chi connectivity index (χ0v) is 9.11. The van der Waals surface area contributed by atoms with Crippen LogP contribution < -0.4 is 0 Å². The summed E-state index contributed by atoms with van der Waals surface area (Å²) >= 11 is 0. The Morgan fingerprint density at radius 2 is 2.25 bits per heavy atom. The lowest BCUT2D eigenvalue weighted by atomic mass is 10.1. The van der Waals surface area contributed by atoms with Crippen LogP contribution in [-0.4, -0.2) is 35.1 Å². The number of aliphatic hydroxyl groups excluding tert-OH is 1. The Morgan fingerprint density at radius 1 is 1.50 bits per heavy atom. The van der Waals surface area contributed by atoms with Crippen LogP contribution in [0.3, 0.4) is 0 Å². The molecule has 16 heavy (non-hydrogen) atoms. The molecule has 4 heteroatoms. The Balaban J connectivity index is 2.20. The molecular weight excluding hydrogens is 209 g/mol. The van der Waals surface area contributed by atoms with E-state index >= 15 is 0 Å². The van der Waals surface area contributed by atoms with E-state index in [4.69, 9.17) is 0 Å². The standard InChI is InChI=1S/C12H14FNO2/c1-8-4-9(6-10(13)5-8)12(16)14-3-2-11(15)7-14/h4-6,11,15H,2-3,7H2,1H3/t11-/m1/s1. The van der Waals surface area contributed by atoms with Gasteiger partial charge in [0.25, 0.3) is 5.91 Å². The van der Waals surface area contributed by atoms with Gasteiger partial charge in [0.2, 0.25) is 0 Å². The first-order chi connectivity index (χ1) is 7.56. The van der Waals surface area contributed by atoms with Gasteiger partial charge in [0.05, 0.1) is 6.10 Å². The van der Waals surface area contributed by atoms with Crippen molar-refractivity contribution in [1.29, 1.82) is 0 Å². The molecule has 1 aromatic carbocycles. The van der Waals surface area contributed by atoms with Crippen LogP contribution in [0.4, 0.5) is 4.39 Å². The van der Waals surface area contributed by atoms with Crippen molar-refractivity contribution in [2.45, 2.75) is 19.4 Å². The van der Waals surface area contributed by atoms with Crippen molar-refractivity contribution in [3.8, 4) is 0 Å². The monoisotopic (exact) mass is 223 g/mol. The van der Waals surface area contributed by atoms with Gasteiger partial charge < -0.3 is 10.0 Å². The second kappa shape index (κ2) is 4.22. The van der Waals surface area contributed by atoms with Crippen LogP contribution in [0, 0.1) is 12.7 Å². The number of β-amino-alcohol motifs (C(OH)–C–C–N with tert-alkyl or cyclic N) is 1. The van der Waals surface area contributed by atoms with Crippen LogP contribution in [0.1, 0.15) is 22.3 Å². The number of nitrogens with zero attached hydrogens (tertiary/aromatic N) is 1. The number of carbonyl (C=O) groups excluding carboxylic acids is 1. The van der Waals surface area contributed by atoms with Crippen molar-refractivity contribution in [1.82, 2.24) is 4.90 Å². The number of aryl methyl sites for hydroxylation is 1. The third-order valence-electron chi connectivity index (χ3n) is 2.74. The molecule has 0 bridgehead atoms. The molecule has 1 atom stereocenters. The maximum atomic E-state index is 13.1. The maximum Gasteiger partial charge on any atom is 0.254 e. The van der Waals surface area contributed by atoms with Crippen LogP contribution >= 0.6 is 0 Å². The zero-order chi connectivity index (χ0) is 11.7. The largest absolute Gasteiger partial charge is 0.391 e. The van der Waals surface area contributed by atoms with Crippen molar-refractivity contribution in [3.05, 3.63) is 35.1 Å². The quantitative estimate of drug-likeness (QED) is 0.780. The SMILES string of the molecule is Cc1cc(F)cc(C(=O)N2CC[C@@H](O)C2)c1. The Hall–Kier alpha value is -1.42. The minimum atomic E-state index is -0.446. The highest BCUT2D eigenvalue weighted by atomic mass is 19.1. The summed E-state index contributed by atoms with van der Waals surface area (Å²) in [5.74, 6) is -0.609. The first-order valence-electron chi connectivity index (χ1n) is 5.31. The van der Waals surface area contributed by atoms with E-state index in [1.165, 1.54) is 12.1 Å². The normalized spacial score (nSPS) is 20.2. The van der Waals surface area contributed by atoms with Crippen LogP contribution in [0.5, 0.6) is 0 Å².